The van der Waals surface area contributed by atoms with Crippen LogP contribution >= 0.6 is 11.3 Å². The Labute approximate surface area is 175 Å². The van der Waals surface area contributed by atoms with Gasteiger partial charge in [0.2, 0.25) is 0 Å². The first-order chi connectivity index (χ1) is 14.1. The molecular formula is C23H27N3O2S. The SMILES string of the molecule is CN1CCN(CC(O)Cn2cc(C=CC(=O)c3cccs3)c3ccccc32)CC1. The normalized spacial score (nSPS) is 17.3. The average molecular weight is 410 g/mol. The molecule has 0 bridgehead atoms. The van der Waals surface area contributed by atoms with Crippen LogP contribution in [0.2, 0.25) is 0 Å². The molecule has 152 valence electrons. The van der Waals surface area contributed by atoms with Crippen molar-refractivity contribution in [1.29, 1.82) is 0 Å². The summed E-state index contributed by atoms with van der Waals surface area (Å²) < 4.78 is 2.10. The van der Waals surface area contributed by atoms with E-state index in [9.17, 15) is 9.90 Å². The second kappa shape index (κ2) is 9.05. The summed E-state index contributed by atoms with van der Waals surface area (Å²) in [5.74, 6) is 0.0203. The lowest BCUT2D eigenvalue weighted by Crippen LogP contribution is -2.47. The van der Waals surface area contributed by atoms with Gasteiger partial charge in [0.05, 0.1) is 11.0 Å². The highest BCUT2D eigenvalue weighted by Gasteiger charge is 2.18. The lowest BCUT2D eigenvalue weighted by atomic mass is 10.1. The summed E-state index contributed by atoms with van der Waals surface area (Å²) >= 11 is 1.45. The van der Waals surface area contributed by atoms with Crippen molar-refractivity contribution in [1.82, 2.24) is 14.4 Å². The number of allylic oxidation sites excluding steroid dienone is 1. The lowest BCUT2D eigenvalue weighted by Gasteiger charge is -2.33. The van der Waals surface area contributed by atoms with Gasteiger partial charge in [0.25, 0.3) is 0 Å². The maximum atomic E-state index is 12.3. The van der Waals surface area contributed by atoms with Crippen molar-refractivity contribution in [2.75, 3.05) is 39.8 Å². The Hall–Kier alpha value is -2.25. The number of ketones is 1. The third kappa shape index (κ3) is 4.85. The van der Waals surface area contributed by atoms with Gasteiger partial charge in [0, 0.05) is 61.9 Å². The number of fused-ring (bicyclic) bond motifs is 1. The molecule has 1 aromatic carbocycles. The van der Waals surface area contributed by atoms with E-state index in [1.165, 1.54) is 11.3 Å². The quantitative estimate of drug-likeness (QED) is 0.481. The average Bonchev–Trinajstić information content (AvgIpc) is 3.37. The molecule has 5 nitrogen and oxygen atoms in total. The topological polar surface area (TPSA) is 48.7 Å². The predicted molar refractivity (Wildman–Crippen MR) is 120 cm³/mol. The van der Waals surface area contributed by atoms with E-state index in [2.05, 4.69) is 33.5 Å². The molecule has 3 heterocycles. The second-order valence-corrected chi connectivity index (χ2v) is 8.63. The van der Waals surface area contributed by atoms with E-state index >= 15 is 0 Å². The molecule has 2 aromatic heterocycles. The van der Waals surface area contributed by atoms with E-state index in [1.54, 1.807) is 6.08 Å². The number of aliphatic hydroxyl groups is 1. The smallest absolute Gasteiger partial charge is 0.195 e. The molecule has 1 saturated heterocycles. The van der Waals surface area contributed by atoms with Gasteiger partial charge in [-0.25, -0.2) is 0 Å². The maximum absolute atomic E-state index is 12.3. The minimum absolute atomic E-state index is 0.0203. The first kappa shape index (κ1) is 20.0. The number of carbonyl (C=O) groups excluding carboxylic acids is 1. The van der Waals surface area contributed by atoms with E-state index in [0.29, 0.717) is 13.1 Å². The van der Waals surface area contributed by atoms with Gasteiger partial charge >= 0.3 is 0 Å². The number of hydrogen-bond acceptors (Lipinski definition) is 5. The molecular weight excluding hydrogens is 382 g/mol. The highest BCUT2D eigenvalue weighted by atomic mass is 32.1. The predicted octanol–water partition coefficient (Wildman–Crippen LogP) is 3.21. The lowest BCUT2D eigenvalue weighted by molar-refractivity contribution is 0.0717. The van der Waals surface area contributed by atoms with Crippen LogP contribution in [0.3, 0.4) is 0 Å². The van der Waals surface area contributed by atoms with Gasteiger partial charge in [-0.05, 0) is 36.7 Å². The zero-order valence-corrected chi connectivity index (χ0v) is 17.5. The van der Waals surface area contributed by atoms with Crippen LogP contribution in [0.1, 0.15) is 15.2 Å². The van der Waals surface area contributed by atoms with E-state index in [1.807, 2.05) is 41.9 Å². The number of likely N-dealkylation sites (N-methyl/N-ethyl adjacent to an activating group) is 1. The summed E-state index contributed by atoms with van der Waals surface area (Å²) in [5.41, 5.74) is 2.07. The number of aromatic nitrogens is 1. The van der Waals surface area contributed by atoms with E-state index in [-0.39, 0.29) is 5.78 Å². The van der Waals surface area contributed by atoms with Crippen LogP contribution < -0.4 is 0 Å². The number of para-hydroxylation sites is 1. The Morgan fingerprint density at radius 2 is 1.93 bits per heavy atom. The number of piperazine rings is 1. The monoisotopic (exact) mass is 409 g/mol. The van der Waals surface area contributed by atoms with Crippen molar-refractivity contribution < 1.29 is 9.90 Å². The molecule has 1 N–H and O–H groups in total. The highest BCUT2D eigenvalue weighted by molar-refractivity contribution is 7.12. The van der Waals surface area contributed by atoms with Gasteiger partial charge in [0.15, 0.2) is 5.78 Å². The van der Waals surface area contributed by atoms with Gasteiger partial charge in [-0.1, -0.05) is 24.3 Å². The van der Waals surface area contributed by atoms with Gasteiger partial charge in [-0.3, -0.25) is 9.69 Å². The van der Waals surface area contributed by atoms with Crippen LogP contribution in [-0.2, 0) is 6.54 Å². The van der Waals surface area contributed by atoms with Crippen molar-refractivity contribution in [3.63, 3.8) is 0 Å². The molecule has 4 rings (SSSR count). The highest BCUT2D eigenvalue weighted by Crippen LogP contribution is 2.23. The fourth-order valence-corrected chi connectivity index (χ4v) is 4.48. The number of aliphatic hydroxyl groups excluding tert-OH is 1. The summed E-state index contributed by atoms with van der Waals surface area (Å²) in [5, 5.41) is 13.7. The zero-order valence-electron chi connectivity index (χ0n) is 16.7. The van der Waals surface area contributed by atoms with Crippen molar-refractivity contribution in [2.45, 2.75) is 12.6 Å². The molecule has 0 spiro atoms. The number of hydrogen-bond donors (Lipinski definition) is 1. The van der Waals surface area contributed by atoms with Crippen molar-refractivity contribution in [3.05, 3.63) is 64.5 Å². The van der Waals surface area contributed by atoms with Gasteiger partial charge < -0.3 is 14.6 Å². The Morgan fingerprint density at radius 3 is 2.69 bits per heavy atom. The minimum atomic E-state index is -0.432. The first-order valence-electron chi connectivity index (χ1n) is 10.0. The van der Waals surface area contributed by atoms with Gasteiger partial charge in [0.1, 0.15) is 0 Å². The molecule has 1 unspecified atom stereocenters. The Kier molecular flexibility index (Phi) is 6.25. The summed E-state index contributed by atoms with van der Waals surface area (Å²) in [4.78, 5) is 17.7. The van der Waals surface area contributed by atoms with E-state index < -0.39 is 6.10 Å². The summed E-state index contributed by atoms with van der Waals surface area (Å²) in [7, 11) is 2.14. The van der Waals surface area contributed by atoms with Gasteiger partial charge in [-0.2, -0.15) is 0 Å². The van der Waals surface area contributed by atoms with E-state index in [4.69, 9.17) is 0 Å². The summed E-state index contributed by atoms with van der Waals surface area (Å²) in [6.07, 6.45) is 5.13. The third-order valence-corrected chi connectivity index (χ3v) is 6.35. The fourth-order valence-electron chi connectivity index (χ4n) is 3.84. The molecule has 0 amide bonds. The number of rotatable bonds is 7. The Morgan fingerprint density at radius 1 is 1.14 bits per heavy atom. The summed E-state index contributed by atoms with van der Waals surface area (Å²) in [6.45, 7) is 5.32. The number of benzene rings is 1. The van der Waals surface area contributed by atoms with Crippen LogP contribution in [0.15, 0.2) is 54.1 Å². The molecule has 1 aliphatic rings. The van der Waals surface area contributed by atoms with Crippen LogP contribution in [0.25, 0.3) is 17.0 Å². The molecule has 0 radical (unpaired) electrons. The largest absolute Gasteiger partial charge is 0.390 e. The maximum Gasteiger partial charge on any atom is 0.195 e. The van der Waals surface area contributed by atoms with Crippen molar-refractivity contribution in [3.8, 4) is 0 Å². The van der Waals surface area contributed by atoms with Gasteiger partial charge in [-0.15, -0.1) is 11.3 Å². The number of nitrogens with zero attached hydrogens (tertiary/aromatic N) is 3. The Bertz CT molecular complexity index is 985. The standard InChI is InChI=1S/C23H27N3O2S/c1-24-10-12-25(13-11-24)16-19(27)17-26-15-18(20-5-2-3-6-21(20)26)8-9-22(28)23-7-4-14-29-23/h2-9,14-15,19,27H,10-13,16-17H2,1H3. The second-order valence-electron chi connectivity index (χ2n) is 7.69. The van der Waals surface area contributed by atoms with Crippen molar-refractivity contribution in [2.24, 2.45) is 0 Å². The first-order valence-corrected chi connectivity index (χ1v) is 10.9. The van der Waals surface area contributed by atoms with Crippen LogP contribution in [0.5, 0.6) is 0 Å². The van der Waals surface area contributed by atoms with Crippen LogP contribution in [0.4, 0.5) is 0 Å². The van der Waals surface area contributed by atoms with Crippen LogP contribution in [0, 0.1) is 0 Å². The summed E-state index contributed by atoms with van der Waals surface area (Å²) in [6, 6.07) is 11.9. The van der Waals surface area contributed by atoms with E-state index in [0.717, 1.165) is 47.5 Å². The minimum Gasteiger partial charge on any atom is -0.390 e. The van der Waals surface area contributed by atoms with Crippen LogP contribution in [-0.4, -0.2) is 71.1 Å². The molecule has 6 heteroatoms. The molecule has 3 aromatic rings. The Balaban J connectivity index is 1.49. The fraction of sp³-hybridized carbons (Fsp3) is 0.348. The number of thiophene rings is 1. The van der Waals surface area contributed by atoms with Crippen molar-refractivity contribution >= 4 is 34.1 Å². The molecule has 1 fully saturated rings. The molecule has 1 atom stereocenters. The molecule has 1 aliphatic heterocycles. The third-order valence-electron chi connectivity index (χ3n) is 5.47. The number of carbonyl (C=O) groups is 1. The number of β-amino-alcohol motifs (C(OH)–C–C–N with tert-alkyl or cyclic N) is 1. The molecule has 0 aliphatic carbocycles. The molecule has 29 heavy (non-hydrogen) atoms. The zero-order chi connectivity index (χ0) is 20.2. The molecule has 0 saturated carbocycles.